The average Bonchev–Trinajstić information content (AvgIpc) is 2.46. The van der Waals surface area contributed by atoms with Crippen LogP contribution in [-0.4, -0.2) is 27.4 Å². The molecule has 0 saturated carbocycles. The largest absolute Gasteiger partial charge is 0.326 e. The van der Waals surface area contributed by atoms with Gasteiger partial charge in [-0.05, 0) is 62.5 Å². The highest BCUT2D eigenvalue weighted by molar-refractivity contribution is 7.89. The zero-order valence-corrected chi connectivity index (χ0v) is 12.7. The number of amides is 1. The average molecular weight is 311 g/mol. The smallest absolute Gasteiger partial charge is 0.238 e. The monoisotopic (exact) mass is 311 g/mol. The number of nitrogens with one attached hydrogen (secondary N) is 2. The number of carbonyl (C=O) groups is 1. The van der Waals surface area contributed by atoms with Crippen molar-refractivity contribution in [1.82, 2.24) is 5.32 Å². The molecule has 116 valence electrons. The summed E-state index contributed by atoms with van der Waals surface area (Å²) in [6.07, 6.45) is 3.68. The first-order valence-electron chi connectivity index (χ1n) is 7.08. The molecule has 0 radical (unpaired) electrons. The minimum absolute atomic E-state index is 0.0359. The Bertz CT molecular complexity index is 578. The zero-order chi connectivity index (χ0) is 15.3. The number of piperidine rings is 1. The van der Waals surface area contributed by atoms with Gasteiger partial charge < -0.3 is 10.6 Å². The van der Waals surface area contributed by atoms with Gasteiger partial charge in [0.2, 0.25) is 15.9 Å². The van der Waals surface area contributed by atoms with Gasteiger partial charge in [0.1, 0.15) is 0 Å². The number of hydrogen-bond acceptors (Lipinski definition) is 4. The lowest BCUT2D eigenvalue weighted by molar-refractivity contribution is -0.116. The molecular formula is C14H21N3O3S. The summed E-state index contributed by atoms with van der Waals surface area (Å²) in [5.41, 5.74) is 0.578. The maximum atomic E-state index is 11.9. The zero-order valence-electron chi connectivity index (χ0n) is 11.8. The van der Waals surface area contributed by atoms with E-state index in [1.54, 1.807) is 12.1 Å². The second-order valence-corrected chi connectivity index (χ2v) is 6.93. The normalized spacial score (nSPS) is 19.2. The minimum Gasteiger partial charge on any atom is -0.326 e. The van der Waals surface area contributed by atoms with E-state index in [0.717, 1.165) is 19.5 Å². The lowest BCUT2D eigenvalue weighted by Crippen LogP contribution is -2.30. The van der Waals surface area contributed by atoms with E-state index in [9.17, 15) is 13.2 Å². The van der Waals surface area contributed by atoms with E-state index in [2.05, 4.69) is 10.6 Å². The Morgan fingerprint density at radius 2 is 2.05 bits per heavy atom. The first kappa shape index (κ1) is 15.9. The van der Waals surface area contributed by atoms with Crippen molar-refractivity contribution in [3.05, 3.63) is 24.3 Å². The summed E-state index contributed by atoms with van der Waals surface area (Å²) in [4.78, 5) is 11.9. The van der Waals surface area contributed by atoms with Crippen LogP contribution in [0.15, 0.2) is 29.2 Å². The van der Waals surface area contributed by atoms with Gasteiger partial charge in [0.05, 0.1) is 4.90 Å². The van der Waals surface area contributed by atoms with Crippen LogP contribution in [0.3, 0.4) is 0 Å². The number of sulfonamides is 1. The Balaban J connectivity index is 1.82. The van der Waals surface area contributed by atoms with Crippen molar-refractivity contribution in [1.29, 1.82) is 0 Å². The summed E-state index contributed by atoms with van der Waals surface area (Å²) in [6.45, 7) is 2.05. The number of benzene rings is 1. The molecular weight excluding hydrogens is 290 g/mol. The van der Waals surface area contributed by atoms with Crippen molar-refractivity contribution >= 4 is 21.6 Å². The van der Waals surface area contributed by atoms with Gasteiger partial charge in [-0.2, -0.15) is 0 Å². The topological polar surface area (TPSA) is 101 Å². The minimum atomic E-state index is -3.69. The molecule has 1 unspecified atom stereocenters. The molecule has 1 amide bonds. The van der Waals surface area contributed by atoms with Gasteiger partial charge in [-0.1, -0.05) is 0 Å². The Morgan fingerprint density at radius 1 is 1.33 bits per heavy atom. The summed E-state index contributed by atoms with van der Waals surface area (Å²) in [5.74, 6) is 0.512. The quantitative estimate of drug-likeness (QED) is 0.756. The lowest BCUT2D eigenvalue weighted by Gasteiger charge is -2.22. The number of anilines is 1. The summed E-state index contributed by atoms with van der Waals surface area (Å²) >= 11 is 0. The van der Waals surface area contributed by atoms with E-state index in [0.29, 0.717) is 18.0 Å². The molecule has 21 heavy (non-hydrogen) atoms. The summed E-state index contributed by atoms with van der Waals surface area (Å²) in [6, 6.07) is 5.85. The number of rotatable bonds is 5. The van der Waals surface area contributed by atoms with Crippen molar-refractivity contribution < 1.29 is 13.2 Å². The molecule has 6 nitrogen and oxygen atoms in total. The highest BCUT2D eigenvalue weighted by atomic mass is 32.2. The van der Waals surface area contributed by atoms with Crippen LogP contribution in [-0.2, 0) is 14.8 Å². The van der Waals surface area contributed by atoms with Crippen molar-refractivity contribution in [2.75, 3.05) is 18.4 Å². The number of primary sulfonamides is 1. The SMILES string of the molecule is NS(=O)(=O)c1ccc(NC(=O)CCC2CCCNC2)cc1. The Hall–Kier alpha value is -1.44. The van der Waals surface area contributed by atoms with Gasteiger partial charge in [-0.3, -0.25) is 4.79 Å². The highest BCUT2D eigenvalue weighted by Gasteiger charge is 2.14. The van der Waals surface area contributed by atoms with Crippen molar-refractivity contribution in [3.8, 4) is 0 Å². The van der Waals surface area contributed by atoms with Crippen molar-refractivity contribution in [2.24, 2.45) is 11.1 Å². The molecule has 1 heterocycles. The third-order valence-corrected chi connectivity index (χ3v) is 4.57. The molecule has 1 atom stereocenters. The van der Waals surface area contributed by atoms with E-state index in [1.165, 1.54) is 25.0 Å². The standard InChI is InChI=1S/C14H21N3O3S/c15-21(19,20)13-6-4-12(5-7-13)17-14(18)8-3-11-2-1-9-16-10-11/h4-7,11,16H,1-3,8-10H2,(H,17,18)(H2,15,19,20). The van der Waals surface area contributed by atoms with Crippen LogP contribution < -0.4 is 15.8 Å². The van der Waals surface area contributed by atoms with Gasteiger partial charge in [-0.25, -0.2) is 13.6 Å². The lowest BCUT2D eigenvalue weighted by atomic mass is 9.94. The third kappa shape index (κ3) is 5.11. The molecule has 1 aromatic carbocycles. The van der Waals surface area contributed by atoms with Crippen LogP contribution in [0.25, 0.3) is 0 Å². The number of hydrogen-bond donors (Lipinski definition) is 3. The van der Waals surface area contributed by atoms with Crippen LogP contribution in [0.2, 0.25) is 0 Å². The van der Waals surface area contributed by atoms with E-state index in [4.69, 9.17) is 5.14 Å². The molecule has 1 aromatic rings. The summed E-state index contributed by atoms with van der Waals surface area (Å²) < 4.78 is 22.3. The molecule has 0 bridgehead atoms. The Morgan fingerprint density at radius 3 is 2.62 bits per heavy atom. The predicted octanol–water partition coefficient (Wildman–Crippen LogP) is 1.05. The molecule has 0 aromatic heterocycles. The van der Waals surface area contributed by atoms with Crippen molar-refractivity contribution in [3.63, 3.8) is 0 Å². The van der Waals surface area contributed by atoms with Gasteiger partial charge in [-0.15, -0.1) is 0 Å². The van der Waals surface area contributed by atoms with Crippen LogP contribution in [0, 0.1) is 5.92 Å². The summed E-state index contributed by atoms with van der Waals surface area (Å²) in [5, 5.41) is 11.1. The van der Waals surface area contributed by atoms with Gasteiger partial charge in [0.15, 0.2) is 0 Å². The van der Waals surface area contributed by atoms with Crippen molar-refractivity contribution in [2.45, 2.75) is 30.6 Å². The number of nitrogens with two attached hydrogens (primary N) is 1. The third-order valence-electron chi connectivity index (χ3n) is 3.65. The highest BCUT2D eigenvalue weighted by Crippen LogP contribution is 2.17. The molecule has 0 aliphatic carbocycles. The first-order chi connectivity index (χ1) is 9.95. The fourth-order valence-electron chi connectivity index (χ4n) is 2.46. The fourth-order valence-corrected chi connectivity index (χ4v) is 2.97. The van der Waals surface area contributed by atoms with Gasteiger partial charge in [0.25, 0.3) is 0 Å². The molecule has 1 fully saturated rings. The molecule has 1 aliphatic rings. The van der Waals surface area contributed by atoms with E-state index in [-0.39, 0.29) is 10.8 Å². The van der Waals surface area contributed by atoms with Crippen LogP contribution in [0.4, 0.5) is 5.69 Å². The van der Waals surface area contributed by atoms with E-state index < -0.39 is 10.0 Å². The molecule has 0 spiro atoms. The molecule has 4 N–H and O–H groups in total. The van der Waals surface area contributed by atoms with Crippen LogP contribution in [0.1, 0.15) is 25.7 Å². The molecule has 7 heteroatoms. The fraction of sp³-hybridized carbons (Fsp3) is 0.500. The van der Waals surface area contributed by atoms with Gasteiger partial charge >= 0.3 is 0 Å². The number of carbonyl (C=O) groups excluding carboxylic acids is 1. The maximum absolute atomic E-state index is 11.9. The molecule has 1 aliphatic heterocycles. The van der Waals surface area contributed by atoms with Gasteiger partial charge in [0, 0.05) is 12.1 Å². The maximum Gasteiger partial charge on any atom is 0.238 e. The van der Waals surface area contributed by atoms with Crippen LogP contribution >= 0.6 is 0 Å². The Kier molecular flexibility index (Phi) is 5.33. The molecule has 2 rings (SSSR count). The second-order valence-electron chi connectivity index (χ2n) is 5.37. The Labute approximate surface area is 125 Å². The first-order valence-corrected chi connectivity index (χ1v) is 8.63. The van der Waals surface area contributed by atoms with E-state index in [1.807, 2.05) is 0 Å². The van der Waals surface area contributed by atoms with E-state index >= 15 is 0 Å². The summed E-state index contributed by atoms with van der Waals surface area (Å²) in [7, 11) is -3.69. The molecule has 1 saturated heterocycles. The second kappa shape index (κ2) is 7.02. The van der Waals surface area contributed by atoms with Crippen LogP contribution in [0.5, 0.6) is 0 Å². The predicted molar refractivity (Wildman–Crippen MR) is 81.3 cm³/mol.